The molecule has 0 spiro atoms. The van der Waals surface area contributed by atoms with Crippen molar-refractivity contribution >= 4 is 5.78 Å². The summed E-state index contributed by atoms with van der Waals surface area (Å²) in [6, 6.07) is 0. The Bertz CT molecular complexity index is 336. The predicted molar refractivity (Wildman–Crippen MR) is 65.5 cm³/mol. The second kappa shape index (κ2) is 4.54. The second-order valence-electron chi connectivity index (χ2n) is 5.82. The van der Waals surface area contributed by atoms with Crippen molar-refractivity contribution in [3.05, 3.63) is 12.2 Å². The summed E-state index contributed by atoms with van der Waals surface area (Å²) in [6.07, 6.45) is 6.98. The normalized spacial score (nSPS) is 39.9. The molecule has 0 N–H and O–H groups in total. The van der Waals surface area contributed by atoms with Crippen LogP contribution in [0.25, 0.3) is 0 Å². The number of fused-ring (bicyclic) bond motifs is 2. The van der Waals surface area contributed by atoms with Crippen molar-refractivity contribution in [1.82, 2.24) is 0 Å². The predicted octanol–water partition coefficient (Wildman–Crippen LogP) is 2.56. The average molecular weight is 238 g/mol. The molecule has 0 radical (unpaired) electrons. The van der Waals surface area contributed by atoms with Crippen LogP contribution >= 0.6 is 0 Å². The van der Waals surface area contributed by atoms with Crippen molar-refractivity contribution in [2.24, 2.45) is 16.7 Å². The van der Waals surface area contributed by atoms with Gasteiger partial charge in [0.05, 0.1) is 6.61 Å². The molecular weight excluding hydrogens is 216 g/mol. The van der Waals surface area contributed by atoms with Crippen LogP contribution in [0.1, 0.15) is 33.1 Å². The van der Waals surface area contributed by atoms with E-state index in [0.29, 0.717) is 25.1 Å². The van der Waals surface area contributed by atoms with Gasteiger partial charge >= 0.3 is 0 Å². The van der Waals surface area contributed by atoms with Crippen LogP contribution in [0.3, 0.4) is 0 Å². The number of hydrogen-bond donors (Lipinski definition) is 0. The molecule has 0 aromatic rings. The molecule has 0 aromatic heterocycles. The summed E-state index contributed by atoms with van der Waals surface area (Å²) in [4.78, 5) is 12.0. The van der Waals surface area contributed by atoms with Crippen molar-refractivity contribution in [3.63, 3.8) is 0 Å². The largest absolute Gasteiger partial charge is 0.359 e. The minimum Gasteiger partial charge on any atom is -0.359 e. The molecule has 3 heteroatoms. The van der Waals surface area contributed by atoms with E-state index in [9.17, 15) is 4.79 Å². The topological polar surface area (TPSA) is 35.5 Å². The van der Waals surface area contributed by atoms with Gasteiger partial charge in [-0.1, -0.05) is 19.9 Å². The second-order valence-corrected chi connectivity index (χ2v) is 5.82. The van der Waals surface area contributed by atoms with Crippen LogP contribution in [0.5, 0.6) is 0 Å². The Morgan fingerprint density at radius 2 is 2.29 bits per heavy atom. The monoisotopic (exact) mass is 238 g/mol. The molecule has 0 aliphatic heterocycles. The Morgan fingerprint density at radius 3 is 3.00 bits per heavy atom. The maximum Gasteiger partial charge on any atom is 0.161 e. The van der Waals surface area contributed by atoms with Crippen LogP contribution in [-0.2, 0) is 14.3 Å². The van der Waals surface area contributed by atoms with Crippen molar-refractivity contribution in [3.8, 4) is 0 Å². The van der Waals surface area contributed by atoms with Crippen molar-refractivity contribution in [1.29, 1.82) is 0 Å². The molecule has 0 heterocycles. The molecule has 3 atom stereocenters. The van der Waals surface area contributed by atoms with Gasteiger partial charge in [0.1, 0.15) is 6.79 Å². The molecule has 1 fully saturated rings. The summed E-state index contributed by atoms with van der Waals surface area (Å²) in [7, 11) is 1.63. The number of ketones is 1. The van der Waals surface area contributed by atoms with E-state index in [2.05, 4.69) is 19.9 Å². The zero-order valence-corrected chi connectivity index (χ0v) is 11.0. The van der Waals surface area contributed by atoms with Gasteiger partial charge in [-0.3, -0.25) is 4.79 Å². The molecule has 0 amide bonds. The number of carbonyl (C=O) groups is 1. The first kappa shape index (κ1) is 12.8. The van der Waals surface area contributed by atoms with Gasteiger partial charge in [0.15, 0.2) is 5.78 Å². The average Bonchev–Trinajstić information content (AvgIpc) is 2.51. The lowest BCUT2D eigenvalue weighted by Crippen LogP contribution is -2.32. The molecule has 2 bridgehead atoms. The Balaban J connectivity index is 2.02. The summed E-state index contributed by atoms with van der Waals surface area (Å²) >= 11 is 0. The summed E-state index contributed by atoms with van der Waals surface area (Å²) in [6.45, 7) is 5.37. The molecule has 1 saturated carbocycles. The van der Waals surface area contributed by atoms with Gasteiger partial charge in [-0.05, 0) is 36.7 Å². The van der Waals surface area contributed by atoms with Gasteiger partial charge in [-0.15, -0.1) is 0 Å². The minimum atomic E-state index is -0.143. The van der Waals surface area contributed by atoms with Gasteiger partial charge < -0.3 is 9.47 Å². The van der Waals surface area contributed by atoms with Gasteiger partial charge in [0.25, 0.3) is 0 Å². The van der Waals surface area contributed by atoms with E-state index in [-0.39, 0.29) is 10.8 Å². The van der Waals surface area contributed by atoms with E-state index < -0.39 is 0 Å². The number of rotatable bonds is 5. The van der Waals surface area contributed by atoms with Crippen LogP contribution in [0.15, 0.2) is 12.2 Å². The van der Waals surface area contributed by atoms with E-state index in [1.54, 1.807) is 13.2 Å². The summed E-state index contributed by atoms with van der Waals surface area (Å²) in [5.41, 5.74) is 0.0336. The maximum absolute atomic E-state index is 12.0. The van der Waals surface area contributed by atoms with Crippen molar-refractivity contribution in [2.75, 3.05) is 20.5 Å². The fraction of sp³-hybridized carbons (Fsp3) is 0.786. The van der Waals surface area contributed by atoms with Gasteiger partial charge in [-0.2, -0.15) is 0 Å². The van der Waals surface area contributed by atoms with E-state index in [1.165, 1.54) is 0 Å². The highest BCUT2D eigenvalue weighted by Crippen LogP contribution is 2.58. The number of carbonyl (C=O) groups excluding carboxylic acids is 1. The fourth-order valence-electron chi connectivity index (χ4n) is 3.40. The molecule has 96 valence electrons. The third kappa shape index (κ3) is 2.18. The van der Waals surface area contributed by atoms with Crippen molar-refractivity contribution in [2.45, 2.75) is 33.1 Å². The first-order valence-electron chi connectivity index (χ1n) is 6.33. The zero-order chi connectivity index (χ0) is 12.5. The van der Waals surface area contributed by atoms with Crippen LogP contribution in [0, 0.1) is 16.7 Å². The SMILES string of the molecule is COCOCC[C@]12C=CC(=O)[C@](C)(C1)C(C)C2. The van der Waals surface area contributed by atoms with E-state index in [0.717, 1.165) is 19.3 Å². The number of methoxy groups -OCH3 is 1. The van der Waals surface area contributed by atoms with Gasteiger partial charge in [0.2, 0.25) is 0 Å². The summed E-state index contributed by atoms with van der Waals surface area (Å²) in [5.74, 6) is 0.767. The molecular formula is C14H22O3. The molecule has 0 aromatic carbocycles. The number of ether oxygens (including phenoxy) is 2. The molecule has 17 heavy (non-hydrogen) atoms. The van der Waals surface area contributed by atoms with Crippen LogP contribution in [-0.4, -0.2) is 26.3 Å². The first-order chi connectivity index (χ1) is 8.02. The quantitative estimate of drug-likeness (QED) is 0.545. The molecule has 2 rings (SSSR count). The van der Waals surface area contributed by atoms with E-state index in [4.69, 9.17) is 9.47 Å². The van der Waals surface area contributed by atoms with Gasteiger partial charge in [0, 0.05) is 12.5 Å². The van der Waals surface area contributed by atoms with Crippen molar-refractivity contribution < 1.29 is 14.3 Å². The Morgan fingerprint density at radius 1 is 1.53 bits per heavy atom. The molecule has 2 aliphatic carbocycles. The van der Waals surface area contributed by atoms with Crippen LogP contribution in [0.2, 0.25) is 0 Å². The Hall–Kier alpha value is -0.670. The molecule has 2 aliphatic rings. The summed E-state index contributed by atoms with van der Waals surface area (Å²) in [5, 5.41) is 0. The molecule has 3 nitrogen and oxygen atoms in total. The third-order valence-corrected chi connectivity index (χ3v) is 4.62. The van der Waals surface area contributed by atoms with Crippen LogP contribution < -0.4 is 0 Å². The standard InChI is InChI=1S/C14H22O3/c1-11-8-14(6-7-17-10-16-3)5-4-12(15)13(11,2)9-14/h4-5,11H,6-10H2,1-3H3/t11?,13-,14+/m1/s1. The van der Waals surface area contributed by atoms with E-state index >= 15 is 0 Å². The van der Waals surface area contributed by atoms with E-state index in [1.807, 2.05) is 0 Å². The van der Waals surface area contributed by atoms with Crippen LogP contribution in [0.4, 0.5) is 0 Å². The zero-order valence-electron chi connectivity index (χ0n) is 11.0. The lowest BCUT2D eigenvalue weighted by atomic mass is 9.71. The summed E-state index contributed by atoms with van der Waals surface area (Å²) < 4.78 is 10.3. The highest BCUT2D eigenvalue weighted by Gasteiger charge is 2.54. The Labute approximate surface area is 103 Å². The lowest BCUT2D eigenvalue weighted by Gasteiger charge is -2.32. The third-order valence-electron chi connectivity index (χ3n) is 4.62. The molecule has 0 saturated heterocycles. The number of hydrogen-bond acceptors (Lipinski definition) is 3. The lowest BCUT2D eigenvalue weighted by molar-refractivity contribution is -0.125. The fourth-order valence-corrected chi connectivity index (χ4v) is 3.40. The number of allylic oxidation sites excluding steroid dienone is 2. The highest BCUT2D eigenvalue weighted by molar-refractivity contribution is 5.96. The first-order valence-corrected chi connectivity index (χ1v) is 6.33. The maximum atomic E-state index is 12.0. The highest BCUT2D eigenvalue weighted by atomic mass is 16.7. The molecule has 1 unspecified atom stereocenters. The smallest absolute Gasteiger partial charge is 0.161 e. The van der Waals surface area contributed by atoms with Gasteiger partial charge in [-0.25, -0.2) is 0 Å². The Kier molecular flexibility index (Phi) is 3.41. The minimum absolute atomic E-state index is 0.143.